The highest BCUT2D eigenvalue weighted by molar-refractivity contribution is 6.02. The molecule has 1 aliphatic rings. The number of hydrogen-bond acceptors (Lipinski definition) is 4. The van der Waals surface area contributed by atoms with Gasteiger partial charge in [0.25, 0.3) is 0 Å². The molecule has 0 saturated carbocycles. The first kappa shape index (κ1) is 11.9. The summed E-state index contributed by atoms with van der Waals surface area (Å²) in [7, 11) is 0. The van der Waals surface area contributed by atoms with Gasteiger partial charge < -0.3 is 9.73 Å². The molecular weight excluding hydrogens is 250 g/mol. The fourth-order valence-corrected chi connectivity index (χ4v) is 2.83. The summed E-state index contributed by atoms with van der Waals surface area (Å²) >= 11 is 0. The number of oxazole rings is 1. The Hall–Kier alpha value is -1.91. The molecule has 4 rings (SSSR count). The monoisotopic (exact) mass is 267 g/mol. The van der Waals surface area contributed by atoms with Crippen LogP contribution in [-0.4, -0.2) is 36.1 Å². The van der Waals surface area contributed by atoms with Gasteiger partial charge >= 0.3 is 0 Å². The Kier molecular flexibility index (Phi) is 2.90. The van der Waals surface area contributed by atoms with E-state index in [-0.39, 0.29) is 0 Å². The highest BCUT2D eigenvalue weighted by atomic mass is 16.3. The van der Waals surface area contributed by atoms with Crippen molar-refractivity contribution in [2.75, 3.05) is 26.2 Å². The van der Waals surface area contributed by atoms with Crippen LogP contribution in [0.1, 0.15) is 5.89 Å². The molecule has 1 N–H and O–H groups in total. The number of rotatable bonds is 2. The zero-order chi connectivity index (χ0) is 13.4. The van der Waals surface area contributed by atoms with Crippen molar-refractivity contribution < 1.29 is 4.42 Å². The second-order valence-corrected chi connectivity index (χ2v) is 5.27. The van der Waals surface area contributed by atoms with Crippen LogP contribution in [0.25, 0.3) is 21.9 Å². The van der Waals surface area contributed by atoms with Crippen LogP contribution in [0.2, 0.25) is 0 Å². The van der Waals surface area contributed by atoms with E-state index in [1.54, 1.807) is 0 Å². The first-order chi connectivity index (χ1) is 9.90. The van der Waals surface area contributed by atoms with Gasteiger partial charge in [-0.05, 0) is 11.5 Å². The van der Waals surface area contributed by atoms with Crippen molar-refractivity contribution in [3.8, 4) is 0 Å². The number of nitrogens with zero attached hydrogens (tertiary/aromatic N) is 2. The summed E-state index contributed by atoms with van der Waals surface area (Å²) in [5, 5.41) is 5.70. The number of nitrogens with one attached hydrogen (secondary N) is 1. The van der Waals surface area contributed by atoms with E-state index in [9.17, 15) is 0 Å². The molecule has 0 radical (unpaired) electrons. The minimum absolute atomic E-state index is 0.796. The molecule has 4 heteroatoms. The van der Waals surface area contributed by atoms with Gasteiger partial charge in [0.2, 0.25) is 5.89 Å². The van der Waals surface area contributed by atoms with Crippen LogP contribution in [0.15, 0.2) is 40.8 Å². The Bertz CT molecular complexity index is 744. The third-order valence-electron chi connectivity index (χ3n) is 3.89. The summed E-state index contributed by atoms with van der Waals surface area (Å²) in [6, 6.07) is 12.4. The summed E-state index contributed by atoms with van der Waals surface area (Å²) in [5.74, 6) is 0.818. The standard InChI is InChI=1S/C16H17N3O/c1-2-4-13-12(3-1)5-6-14-16(13)20-15(18-14)11-19-9-7-17-8-10-19/h1-6,17H,7-11H2. The van der Waals surface area contributed by atoms with E-state index in [4.69, 9.17) is 4.42 Å². The second-order valence-electron chi connectivity index (χ2n) is 5.27. The maximum atomic E-state index is 6.01. The van der Waals surface area contributed by atoms with Gasteiger partial charge in [-0.15, -0.1) is 0 Å². The molecule has 2 aromatic carbocycles. The molecule has 0 bridgehead atoms. The van der Waals surface area contributed by atoms with E-state index in [1.807, 2.05) is 18.2 Å². The highest BCUT2D eigenvalue weighted by Crippen LogP contribution is 2.26. The molecule has 20 heavy (non-hydrogen) atoms. The molecule has 0 aliphatic carbocycles. The molecular formula is C16H17N3O. The van der Waals surface area contributed by atoms with Crippen molar-refractivity contribution in [3.63, 3.8) is 0 Å². The molecule has 4 nitrogen and oxygen atoms in total. The average Bonchev–Trinajstić information content (AvgIpc) is 2.91. The summed E-state index contributed by atoms with van der Waals surface area (Å²) in [6.45, 7) is 5.00. The van der Waals surface area contributed by atoms with Gasteiger partial charge in [-0.2, -0.15) is 0 Å². The minimum atomic E-state index is 0.796. The van der Waals surface area contributed by atoms with Crippen LogP contribution in [0.4, 0.5) is 0 Å². The van der Waals surface area contributed by atoms with Crippen molar-refractivity contribution in [2.45, 2.75) is 6.54 Å². The Morgan fingerprint density at radius 3 is 2.85 bits per heavy atom. The summed E-state index contributed by atoms with van der Waals surface area (Å²) < 4.78 is 6.01. The van der Waals surface area contributed by atoms with E-state index in [1.165, 1.54) is 5.39 Å². The van der Waals surface area contributed by atoms with E-state index >= 15 is 0 Å². The van der Waals surface area contributed by atoms with Crippen LogP contribution in [0.5, 0.6) is 0 Å². The number of benzene rings is 2. The normalized spacial score (nSPS) is 17.0. The number of fused-ring (bicyclic) bond motifs is 3. The predicted octanol–water partition coefficient (Wildman–Crippen LogP) is 2.39. The number of hydrogen-bond donors (Lipinski definition) is 1. The van der Waals surface area contributed by atoms with Crippen molar-refractivity contribution in [1.82, 2.24) is 15.2 Å². The molecule has 1 saturated heterocycles. The molecule has 2 heterocycles. The van der Waals surface area contributed by atoms with Crippen molar-refractivity contribution in [3.05, 3.63) is 42.3 Å². The van der Waals surface area contributed by atoms with Crippen LogP contribution in [0.3, 0.4) is 0 Å². The maximum Gasteiger partial charge on any atom is 0.209 e. The Morgan fingerprint density at radius 2 is 1.95 bits per heavy atom. The van der Waals surface area contributed by atoms with Crippen LogP contribution in [-0.2, 0) is 6.54 Å². The van der Waals surface area contributed by atoms with Gasteiger partial charge in [0.1, 0.15) is 5.52 Å². The zero-order valence-corrected chi connectivity index (χ0v) is 11.3. The van der Waals surface area contributed by atoms with Crippen molar-refractivity contribution >= 4 is 21.9 Å². The summed E-state index contributed by atoms with van der Waals surface area (Å²) in [6.07, 6.45) is 0. The second kappa shape index (κ2) is 4.89. The smallest absolute Gasteiger partial charge is 0.209 e. The molecule has 1 fully saturated rings. The molecule has 0 spiro atoms. The molecule has 1 aromatic heterocycles. The number of aromatic nitrogens is 1. The van der Waals surface area contributed by atoms with Gasteiger partial charge in [-0.3, -0.25) is 4.90 Å². The Morgan fingerprint density at radius 1 is 1.10 bits per heavy atom. The van der Waals surface area contributed by atoms with Gasteiger partial charge in [0.15, 0.2) is 5.58 Å². The molecule has 0 amide bonds. The van der Waals surface area contributed by atoms with Gasteiger partial charge in [0.05, 0.1) is 6.54 Å². The molecule has 1 aliphatic heterocycles. The van der Waals surface area contributed by atoms with Crippen molar-refractivity contribution in [2.24, 2.45) is 0 Å². The third-order valence-corrected chi connectivity index (χ3v) is 3.89. The lowest BCUT2D eigenvalue weighted by molar-refractivity contribution is 0.214. The van der Waals surface area contributed by atoms with Gasteiger partial charge in [-0.25, -0.2) is 4.98 Å². The lowest BCUT2D eigenvalue weighted by Gasteiger charge is -2.25. The fraction of sp³-hybridized carbons (Fsp3) is 0.312. The lowest BCUT2D eigenvalue weighted by atomic mass is 10.1. The quantitative estimate of drug-likeness (QED) is 0.774. The Balaban J connectivity index is 1.72. The minimum Gasteiger partial charge on any atom is -0.439 e. The zero-order valence-electron chi connectivity index (χ0n) is 11.3. The third kappa shape index (κ3) is 2.07. The first-order valence-electron chi connectivity index (χ1n) is 7.10. The fourth-order valence-electron chi connectivity index (χ4n) is 2.83. The SMILES string of the molecule is c1ccc2c(c1)ccc1nc(CN3CCNCC3)oc12. The number of piperazine rings is 1. The van der Waals surface area contributed by atoms with Gasteiger partial charge in [0, 0.05) is 31.6 Å². The first-order valence-corrected chi connectivity index (χ1v) is 7.10. The largest absolute Gasteiger partial charge is 0.439 e. The topological polar surface area (TPSA) is 41.3 Å². The Labute approximate surface area is 117 Å². The summed E-state index contributed by atoms with van der Waals surface area (Å²) in [4.78, 5) is 7.01. The maximum absolute atomic E-state index is 6.01. The average molecular weight is 267 g/mol. The van der Waals surface area contributed by atoms with E-state index in [0.717, 1.165) is 55.1 Å². The van der Waals surface area contributed by atoms with Crippen LogP contribution in [0, 0.1) is 0 Å². The van der Waals surface area contributed by atoms with Crippen molar-refractivity contribution in [1.29, 1.82) is 0 Å². The highest BCUT2D eigenvalue weighted by Gasteiger charge is 2.14. The molecule has 3 aromatic rings. The van der Waals surface area contributed by atoms with Gasteiger partial charge in [-0.1, -0.05) is 30.3 Å². The van der Waals surface area contributed by atoms with Crippen LogP contribution >= 0.6 is 0 Å². The molecule has 0 atom stereocenters. The molecule has 0 unspecified atom stereocenters. The predicted molar refractivity (Wildman–Crippen MR) is 79.7 cm³/mol. The lowest BCUT2D eigenvalue weighted by Crippen LogP contribution is -2.42. The van der Waals surface area contributed by atoms with E-state index in [2.05, 4.69) is 33.4 Å². The summed E-state index contributed by atoms with van der Waals surface area (Å²) in [5.41, 5.74) is 1.86. The van der Waals surface area contributed by atoms with E-state index in [0.29, 0.717) is 0 Å². The molecule has 102 valence electrons. The van der Waals surface area contributed by atoms with E-state index < -0.39 is 0 Å². The van der Waals surface area contributed by atoms with Crippen LogP contribution < -0.4 is 5.32 Å².